The first-order valence-corrected chi connectivity index (χ1v) is 5.88. The van der Waals surface area contributed by atoms with E-state index in [9.17, 15) is 18.0 Å². The van der Waals surface area contributed by atoms with Crippen molar-refractivity contribution in [3.05, 3.63) is 0 Å². The fraction of sp³-hybridized carbons (Fsp3) is 0.909. The molecule has 17 heavy (non-hydrogen) atoms. The van der Waals surface area contributed by atoms with E-state index < -0.39 is 12.6 Å². The van der Waals surface area contributed by atoms with Gasteiger partial charge in [-0.25, -0.2) is 0 Å². The highest BCUT2D eigenvalue weighted by Crippen LogP contribution is 2.21. The molecule has 0 atom stereocenters. The fourth-order valence-electron chi connectivity index (χ4n) is 1.30. The lowest BCUT2D eigenvalue weighted by Crippen LogP contribution is -2.32. The average Bonchev–Trinajstić information content (AvgIpc) is 2.13. The van der Waals surface area contributed by atoms with Crippen LogP contribution in [0.25, 0.3) is 0 Å². The highest BCUT2D eigenvalue weighted by atomic mass is 19.4. The summed E-state index contributed by atoms with van der Waals surface area (Å²) in [6, 6.07) is 0.120. The van der Waals surface area contributed by atoms with E-state index in [-0.39, 0.29) is 18.4 Å². The summed E-state index contributed by atoms with van der Waals surface area (Å²) in [5.74, 6) is -0.0391. The minimum Gasteiger partial charge on any atom is -0.354 e. The second-order valence-electron chi connectivity index (χ2n) is 4.29. The Balaban J connectivity index is 3.27. The zero-order chi connectivity index (χ0) is 13.3. The SMILES string of the molecule is CC(C)NC(=O)CCNCCCCC(F)(F)F. The van der Waals surface area contributed by atoms with Crippen molar-refractivity contribution < 1.29 is 18.0 Å². The Morgan fingerprint density at radius 2 is 1.82 bits per heavy atom. The second-order valence-corrected chi connectivity index (χ2v) is 4.29. The summed E-state index contributed by atoms with van der Waals surface area (Å²) in [7, 11) is 0. The molecule has 0 heterocycles. The molecule has 1 amide bonds. The lowest BCUT2D eigenvalue weighted by molar-refractivity contribution is -0.135. The molecule has 0 aromatic rings. The van der Waals surface area contributed by atoms with E-state index in [1.807, 2.05) is 13.8 Å². The van der Waals surface area contributed by atoms with E-state index in [0.29, 0.717) is 25.9 Å². The highest BCUT2D eigenvalue weighted by molar-refractivity contribution is 5.76. The molecule has 0 rings (SSSR count). The van der Waals surface area contributed by atoms with Crippen molar-refractivity contribution in [3.8, 4) is 0 Å². The van der Waals surface area contributed by atoms with E-state index in [1.165, 1.54) is 0 Å². The second kappa shape index (κ2) is 8.33. The number of hydrogen-bond donors (Lipinski definition) is 2. The fourth-order valence-corrected chi connectivity index (χ4v) is 1.30. The van der Waals surface area contributed by atoms with Gasteiger partial charge in [-0.1, -0.05) is 0 Å². The number of alkyl halides is 3. The van der Waals surface area contributed by atoms with Crippen LogP contribution < -0.4 is 10.6 Å². The maximum absolute atomic E-state index is 11.8. The van der Waals surface area contributed by atoms with Crippen LogP contribution in [0.5, 0.6) is 0 Å². The lowest BCUT2D eigenvalue weighted by Gasteiger charge is -2.09. The summed E-state index contributed by atoms with van der Waals surface area (Å²) in [6.07, 6.45) is -3.82. The van der Waals surface area contributed by atoms with Crippen LogP contribution in [0.4, 0.5) is 13.2 Å². The van der Waals surface area contributed by atoms with Crippen molar-refractivity contribution in [1.82, 2.24) is 10.6 Å². The third kappa shape index (κ3) is 13.2. The van der Waals surface area contributed by atoms with Gasteiger partial charge in [-0.2, -0.15) is 13.2 Å². The molecule has 6 heteroatoms. The Labute approximate surface area is 100 Å². The molecular weight excluding hydrogens is 233 g/mol. The van der Waals surface area contributed by atoms with Crippen LogP contribution in [0.3, 0.4) is 0 Å². The number of nitrogens with one attached hydrogen (secondary N) is 2. The quantitative estimate of drug-likeness (QED) is 0.652. The first-order chi connectivity index (χ1) is 7.81. The van der Waals surface area contributed by atoms with Gasteiger partial charge in [-0.3, -0.25) is 4.79 Å². The molecular formula is C11H21F3N2O. The number of rotatable bonds is 8. The third-order valence-corrected chi connectivity index (χ3v) is 2.04. The molecule has 2 N–H and O–H groups in total. The molecule has 0 unspecified atom stereocenters. The molecule has 0 bridgehead atoms. The third-order valence-electron chi connectivity index (χ3n) is 2.04. The van der Waals surface area contributed by atoms with Crippen molar-refractivity contribution in [2.45, 2.75) is 51.7 Å². The van der Waals surface area contributed by atoms with Crippen LogP contribution in [0.1, 0.15) is 39.5 Å². The van der Waals surface area contributed by atoms with Gasteiger partial charge in [-0.05, 0) is 33.2 Å². The number of carbonyl (C=O) groups excluding carboxylic acids is 1. The van der Waals surface area contributed by atoms with Gasteiger partial charge in [0, 0.05) is 25.4 Å². The molecule has 0 aliphatic heterocycles. The predicted octanol–water partition coefficient (Wildman–Crippen LogP) is 2.22. The molecule has 0 aliphatic rings. The number of halogens is 3. The summed E-state index contributed by atoms with van der Waals surface area (Å²) in [6.45, 7) is 4.78. The van der Waals surface area contributed by atoms with Crippen LogP contribution in [-0.4, -0.2) is 31.2 Å². The first-order valence-electron chi connectivity index (χ1n) is 5.88. The van der Waals surface area contributed by atoms with Crippen molar-refractivity contribution in [1.29, 1.82) is 0 Å². The first kappa shape index (κ1) is 16.2. The summed E-state index contributed by atoms with van der Waals surface area (Å²) in [5.41, 5.74) is 0. The van der Waals surface area contributed by atoms with E-state index in [1.54, 1.807) is 0 Å². The van der Waals surface area contributed by atoms with Gasteiger partial charge in [-0.15, -0.1) is 0 Å². The number of amides is 1. The van der Waals surface area contributed by atoms with E-state index >= 15 is 0 Å². The summed E-state index contributed by atoms with van der Waals surface area (Å²) >= 11 is 0. The zero-order valence-corrected chi connectivity index (χ0v) is 10.4. The Kier molecular flexibility index (Phi) is 7.95. The lowest BCUT2D eigenvalue weighted by atomic mass is 10.2. The monoisotopic (exact) mass is 254 g/mol. The van der Waals surface area contributed by atoms with Crippen LogP contribution in [0, 0.1) is 0 Å². The predicted molar refractivity (Wildman–Crippen MR) is 60.7 cm³/mol. The molecule has 0 radical (unpaired) electrons. The van der Waals surface area contributed by atoms with E-state index in [4.69, 9.17) is 0 Å². The Morgan fingerprint density at radius 1 is 1.18 bits per heavy atom. The molecule has 0 saturated heterocycles. The molecule has 0 spiro atoms. The normalized spacial score (nSPS) is 11.9. The smallest absolute Gasteiger partial charge is 0.354 e. The van der Waals surface area contributed by atoms with Gasteiger partial charge in [0.1, 0.15) is 0 Å². The number of unbranched alkanes of at least 4 members (excludes halogenated alkanes) is 1. The van der Waals surface area contributed by atoms with Crippen molar-refractivity contribution in [3.63, 3.8) is 0 Å². The van der Waals surface area contributed by atoms with Crippen LogP contribution >= 0.6 is 0 Å². The van der Waals surface area contributed by atoms with Gasteiger partial charge in [0.2, 0.25) is 5.91 Å². The van der Waals surface area contributed by atoms with Crippen molar-refractivity contribution in [2.24, 2.45) is 0 Å². The Morgan fingerprint density at radius 3 is 2.35 bits per heavy atom. The molecule has 3 nitrogen and oxygen atoms in total. The highest BCUT2D eigenvalue weighted by Gasteiger charge is 2.25. The molecule has 0 aromatic heterocycles. The molecule has 0 saturated carbocycles. The van der Waals surface area contributed by atoms with Crippen LogP contribution in [0.2, 0.25) is 0 Å². The Hall–Kier alpha value is -0.780. The number of hydrogen-bond acceptors (Lipinski definition) is 2. The standard InChI is InChI=1S/C11H21F3N2O/c1-9(2)16-10(17)5-8-15-7-4-3-6-11(12,13)14/h9,15H,3-8H2,1-2H3,(H,16,17). The summed E-state index contributed by atoms with van der Waals surface area (Å²) < 4.78 is 35.4. The number of carbonyl (C=O) groups is 1. The maximum Gasteiger partial charge on any atom is 0.389 e. The van der Waals surface area contributed by atoms with Gasteiger partial charge >= 0.3 is 6.18 Å². The van der Waals surface area contributed by atoms with E-state index in [0.717, 1.165) is 0 Å². The minimum atomic E-state index is -4.06. The maximum atomic E-state index is 11.8. The van der Waals surface area contributed by atoms with Crippen molar-refractivity contribution >= 4 is 5.91 Å². The minimum absolute atomic E-state index is 0.0391. The Bertz CT molecular complexity index is 217. The topological polar surface area (TPSA) is 41.1 Å². The summed E-state index contributed by atoms with van der Waals surface area (Å²) in [4.78, 5) is 11.2. The van der Waals surface area contributed by atoms with E-state index in [2.05, 4.69) is 10.6 Å². The van der Waals surface area contributed by atoms with Gasteiger partial charge < -0.3 is 10.6 Å². The average molecular weight is 254 g/mol. The van der Waals surface area contributed by atoms with Crippen molar-refractivity contribution in [2.75, 3.05) is 13.1 Å². The zero-order valence-electron chi connectivity index (χ0n) is 10.4. The van der Waals surface area contributed by atoms with Gasteiger partial charge in [0.25, 0.3) is 0 Å². The molecule has 0 aromatic carbocycles. The van der Waals surface area contributed by atoms with Crippen LogP contribution in [-0.2, 0) is 4.79 Å². The largest absolute Gasteiger partial charge is 0.389 e. The van der Waals surface area contributed by atoms with Gasteiger partial charge in [0.05, 0.1) is 0 Å². The molecule has 0 aliphatic carbocycles. The molecule has 0 fully saturated rings. The van der Waals surface area contributed by atoms with Crippen LogP contribution in [0.15, 0.2) is 0 Å². The van der Waals surface area contributed by atoms with Gasteiger partial charge in [0.15, 0.2) is 0 Å². The summed E-state index contributed by atoms with van der Waals surface area (Å²) in [5, 5.41) is 5.68. The molecule has 102 valence electrons.